The van der Waals surface area contributed by atoms with Crippen molar-refractivity contribution >= 4 is 28.9 Å². The average molecular weight is 423 g/mol. The van der Waals surface area contributed by atoms with E-state index in [1.54, 1.807) is 0 Å². The fourth-order valence-corrected chi connectivity index (χ4v) is 4.07. The van der Waals surface area contributed by atoms with Crippen molar-refractivity contribution in [2.45, 2.75) is 50.9 Å². The van der Waals surface area contributed by atoms with Gasteiger partial charge in [-0.2, -0.15) is 18.2 Å². The highest BCUT2D eigenvalue weighted by molar-refractivity contribution is 6.08. The molecule has 0 bridgehead atoms. The molecule has 1 spiro atoms. The molecule has 30 heavy (non-hydrogen) atoms. The molecule has 1 saturated carbocycles. The number of carbonyl (C=O) groups is 3. The number of urea groups is 1. The van der Waals surface area contributed by atoms with E-state index >= 15 is 0 Å². The predicted octanol–water partition coefficient (Wildman–Crippen LogP) is 2.59. The van der Waals surface area contributed by atoms with Crippen molar-refractivity contribution < 1.29 is 27.6 Å². The summed E-state index contributed by atoms with van der Waals surface area (Å²) >= 11 is 0. The van der Waals surface area contributed by atoms with E-state index in [4.69, 9.17) is 0 Å². The SMILES string of the molecule is CC1CCC2(CC1)NC(=O)N(NC(=O)Cn1c(C(F)(F)F)nc3ccccc31)C2=O. The number of amides is 4. The van der Waals surface area contributed by atoms with Gasteiger partial charge in [-0.3, -0.25) is 15.0 Å². The highest BCUT2D eigenvalue weighted by Gasteiger charge is 2.53. The molecule has 0 unspecified atom stereocenters. The number of nitrogens with zero attached hydrogens (tertiary/aromatic N) is 3. The van der Waals surface area contributed by atoms with Crippen molar-refractivity contribution in [1.29, 1.82) is 0 Å². The number of aromatic nitrogens is 2. The quantitative estimate of drug-likeness (QED) is 0.742. The van der Waals surface area contributed by atoms with E-state index in [9.17, 15) is 27.6 Å². The summed E-state index contributed by atoms with van der Waals surface area (Å²) in [6.45, 7) is 1.30. The molecule has 0 atom stereocenters. The van der Waals surface area contributed by atoms with Crippen LogP contribution in [0.3, 0.4) is 0 Å². The molecule has 1 aromatic heterocycles. The summed E-state index contributed by atoms with van der Waals surface area (Å²) in [5, 5.41) is 3.22. The van der Waals surface area contributed by atoms with Gasteiger partial charge in [-0.15, -0.1) is 0 Å². The lowest BCUT2D eigenvalue weighted by Gasteiger charge is -2.33. The van der Waals surface area contributed by atoms with Crippen molar-refractivity contribution in [2.24, 2.45) is 5.92 Å². The molecule has 1 aromatic carbocycles. The van der Waals surface area contributed by atoms with E-state index in [2.05, 4.69) is 22.7 Å². The minimum Gasteiger partial charge on any atom is -0.322 e. The highest BCUT2D eigenvalue weighted by atomic mass is 19.4. The van der Waals surface area contributed by atoms with Crippen LogP contribution in [0.4, 0.5) is 18.0 Å². The molecule has 1 saturated heterocycles. The Morgan fingerprint density at radius 3 is 2.60 bits per heavy atom. The zero-order valence-electron chi connectivity index (χ0n) is 16.1. The smallest absolute Gasteiger partial charge is 0.322 e. The Kier molecular flexibility index (Phi) is 4.70. The van der Waals surface area contributed by atoms with Gasteiger partial charge in [-0.1, -0.05) is 19.1 Å². The Balaban J connectivity index is 1.55. The summed E-state index contributed by atoms with van der Waals surface area (Å²) < 4.78 is 40.9. The lowest BCUT2D eigenvalue weighted by atomic mass is 9.77. The number of alkyl halides is 3. The number of imidazole rings is 1. The molecule has 160 valence electrons. The average Bonchev–Trinajstić information content (AvgIpc) is 3.16. The second kappa shape index (κ2) is 6.99. The van der Waals surface area contributed by atoms with Crippen molar-refractivity contribution in [1.82, 2.24) is 25.3 Å². The first-order valence-corrected chi connectivity index (χ1v) is 9.59. The number of para-hydroxylation sites is 2. The van der Waals surface area contributed by atoms with Gasteiger partial charge < -0.3 is 9.88 Å². The number of hydrogen-bond donors (Lipinski definition) is 2. The van der Waals surface area contributed by atoms with Crippen molar-refractivity contribution in [3.63, 3.8) is 0 Å². The Hall–Kier alpha value is -3.11. The summed E-state index contributed by atoms with van der Waals surface area (Å²) in [5.74, 6) is -2.32. The van der Waals surface area contributed by atoms with Crippen LogP contribution in [0.25, 0.3) is 11.0 Å². The Morgan fingerprint density at radius 1 is 1.27 bits per heavy atom. The topological polar surface area (TPSA) is 96.3 Å². The number of rotatable bonds is 3. The van der Waals surface area contributed by atoms with Crippen LogP contribution in [0.2, 0.25) is 0 Å². The first-order valence-electron chi connectivity index (χ1n) is 9.59. The number of hydrogen-bond acceptors (Lipinski definition) is 4. The second-order valence-electron chi connectivity index (χ2n) is 7.88. The molecule has 2 heterocycles. The third-order valence-electron chi connectivity index (χ3n) is 5.74. The number of halogens is 3. The molecular formula is C19H20F3N5O3. The number of nitrogens with one attached hydrogen (secondary N) is 2. The van der Waals surface area contributed by atoms with E-state index in [0.29, 0.717) is 23.8 Å². The molecule has 1 aliphatic heterocycles. The highest BCUT2D eigenvalue weighted by Crippen LogP contribution is 2.36. The maximum Gasteiger partial charge on any atom is 0.449 e. The van der Waals surface area contributed by atoms with Gasteiger partial charge in [0.25, 0.3) is 11.8 Å². The van der Waals surface area contributed by atoms with Gasteiger partial charge in [-0.05, 0) is 43.7 Å². The van der Waals surface area contributed by atoms with E-state index in [0.717, 1.165) is 17.4 Å². The minimum atomic E-state index is -4.77. The largest absolute Gasteiger partial charge is 0.449 e. The maximum atomic E-state index is 13.4. The van der Waals surface area contributed by atoms with E-state index in [-0.39, 0.29) is 11.0 Å². The molecule has 1 aliphatic carbocycles. The van der Waals surface area contributed by atoms with Crippen LogP contribution >= 0.6 is 0 Å². The van der Waals surface area contributed by atoms with Gasteiger partial charge in [0.2, 0.25) is 5.82 Å². The van der Waals surface area contributed by atoms with Gasteiger partial charge in [0, 0.05) is 0 Å². The number of carbonyl (C=O) groups excluding carboxylic acids is 3. The van der Waals surface area contributed by atoms with Crippen LogP contribution in [-0.2, 0) is 22.3 Å². The summed E-state index contributed by atoms with van der Waals surface area (Å²) in [6, 6.07) is 5.11. The van der Waals surface area contributed by atoms with Gasteiger partial charge in [-0.25, -0.2) is 9.78 Å². The molecular weight excluding hydrogens is 403 g/mol. The lowest BCUT2D eigenvalue weighted by molar-refractivity contribution is -0.148. The normalized spacial score (nSPS) is 24.5. The number of hydrazine groups is 1. The van der Waals surface area contributed by atoms with E-state index < -0.39 is 41.9 Å². The van der Waals surface area contributed by atoms with Crippen LogP contribution in [0.15, 0.2) is 24.3 Å². The predicted molar refractivity (Wildman–Crippen MR) is 98.6 cm³/mol. The monoisotopic (exact) mass is 423 g/mol. The molecule has 11 heteroatoms. The van der Waals surface area contributed by atoms with Gasteiger partial charge in [0.15, 0.2) is 0 Å². The zero-order valence-corrected chi connectivity index (χ0v) is 16.1. The third-order valence-corrected chi connectivity index (χ3v) is 5.74. The molecule has 2 aromatic rings. The lowest BCUT2D eigenvalue weighted by Crippen LogP contribution is -2.52. The summed E-state index contributed by atoms with van der Waals surface area (Å²) in [6.07, 6.45) is -2.36. The molecule has 2 N–H and O–H groups in total. The Morgan fingerprint density at radius 2 is 1.93 bits per heavy atom. The Bertz CT molecular complexity index is 1020. The Labute approximate surface area is 169 Å². The van der Waals surface area contributed by atoms with Crippen LogP contribution < -0.4 is 10.7 Å². The molecule has 4 amide bonds. The van der Waals surface area contributed by atoms with Crippen LogP contribution in [0, 0.1) is 5.92 Å². The minimum absolute atomic E-state index is 0.0860. The third kappa shape index (κ3) is 3.37. The zero-order chi connectivity index (χ0) is 21.7. The van der Waals surface area contributed by atoms with Crippen molar-refractivity contribution in [2.75, 3.05) is 0 Å². The number of benzene rings is 1. The second-order valence-corrected chi connectivity index (χ2v) is 7.88. The van der Waals surface area contributed by atoms with Gasteiger partial charge in [0.1, 0.15) is 12.1 Å². The van der Waals surface area contributed by atoms with Crippen LogP contribution in [-0.4, -0.2) is 37.9 Å². The van der Waals surface area contributed by atoms with E-state index in [1.807, 2.05) is 0 Å². The summed E-state index contributed by atoms with van der Waals surface area (Å²) in [5.41, 5.74) is 1.31. The van der Waals surface area contributed by atoms with Crippen LogP contribution in [0.5, 0.6) is 0 Å². The summed E-state index contributed by atoms with van der Waals surface area (Å²) in [7, 11) is 0. The van der Waals surface area contributed by atoms with Gasteiger partial charge >= 0.3 is 12.2 Å². The standard InChI is InChI=1S/C19H20F3N5O3/c1-11-6-8-18(9-7-11)16(29)27(17(30)24-18)25-14(28)10-26-13-5-3-2-4-12(13)23-15(26)19(20,21)22/h2-5,11H,6-10H2,1H3,(H,24,30)(H,25,28). The molecule has 0 radical (unpaired) electrons. The fraction of sp³-hybridized carbons (Fsp3) is 0.474. The maximum absolute atomic E-state index is 13.4. The molecule has 2 fully saturated rings. The molecule has 8 nitrogen and oxygen atoms in total. The van der Waals surface area contributed by atoms with Crippen molar-refractivity contribution in [3.8, 4) is 0 Å². The first-order chi connectivity index (χ1) is 14.1. The first kappa shape index (κ1) is 20.2. The molecule has 4 rings (SSSR count). The number of fused-ring (bicyclic) bond motifs is 1. The summed E-state index contributed by atoms with van der Waals surface area (Å²) in [4.78, 5) is 41.2. The van der Waals surface area contributed by atoms with Gasteiger partial charge in [0.05, 0.1) is 11.0 Å². The van der Waals surface area contributed by atoms with Crippen molar-refractivity contribution in [3.05, 3.63) is 30.1 Å². The fourth-order valence-electron chi connectivity index (χ4n) is 4.07. The molecule has 2 aliphatic rings. The van der Waals surface area contributed by atoms with Crippen LogP contribution in [0.1, 0.15) is 38.4 Å². The number of imide groups is 1. The van der Waals surface area contributed by atoms with E-state index in [1.165, 1.54) is 24.3 Å².